The van der Waals surface area contributed by atoms with Gasteiger partial charge in [0.15, 0.2) is 0 Å². The highest BCUT2D eigenvalue weighted by atomic mass is 19.1. The van der Waals surface area contributed by atoms with E-state index in [1.807, 2.05) is 32.0 Å². The number of hydrogen-bond donors (Lipinski definition) is 5. The number of aliphatic hydroxyl groups is 2. The summed E-state index contributed by atoms with van der Waals surface area (Å²) in [5.41, 5.74) is 8.00. The molecule has 1 aliphatic carbocycles. The van der Waals surface area contributed by atoms with E-state index in [0.29, 0.717) is 19.3 Å². The molecule has 2 atom stereocenters. The van der Waals surface area contributed by atoms with Crippen LogP contribution in [0.4, 0.5) is 14.9 Å². The fourth-order valence-electron chi connectivity index (χ4n) is 5.34. The first-order chi connectivity index (χ1) is 19.6. The predicted molar refractivity (Wildman–Crippen MR) is 156 cm³/mol. The van der Waals surface area contributed by atoms with E-state index in [0.717, 1.165) is 50.5 Å². The summed E-state index contributed by atoms with van der Waals surface area (Å²) in [7, 11) is 1.57. The van der Waals surface area contributed by atoms with E-state index in [4.69, 9.17) is 10.1 Å². The molecule has 3 aromatic rings. The lowest BCUT2D eigenvalue weighted by molar-refractivity contribution is -0.139. The Hall–Kier alpha value is -4.08. The van der Waals surface area contributed by atoms with Gasteiger partial charge in [-0.1, -0.05) is 50.3 Å². The van der Waals surface area contributed by atoms with Crippen molar-refractivity contribution in [2.75, 3.05) is 12.4 Å². The average Bonchev–Trinajstić information content (AvgIpc) is 3.11. The van der Waals surface area contributed by atoms with Crippen LogP contribution in [0.2, 0.25) is 0 Å². The number of nitrogens with one attached hydrogen (secondary N) is 2. The van der Waals surface area contributed by atoms with Crippen molar-refractivity contribution in [3.05, 3.63) is 88.0 Å². The van der Waals surface area contributed by atoms with Crippen LogP contribution in [0.25, 0.3) is 17.2 Å². The van der Waals surface area contributed by atoms with Crippen LogP contribution in [-0.4, -0.2) is 51.6 Å². The quantitative estimate of drug-likeness (QED) is 0.248. The molecule has 8 nitrogen and oxygen atoms in total. The van der Waals surface area contributed by atoms with Gasteiger partial charge < -0.3 is 26.0 Å². The maximum Gasteiger partial charge on any atom is 0.318 e. The second kappa shape index (κ2) is 13.1. The second-order valence-corrected chi connectivity index (χ2v) is 10.6. The monoisotopic (exact) mass is 561 g/mol. The van der Waals surface area contributed by atoms with Gasteiger partial charge in [-0.2, -0.15) is 0 Å². The fourth-order valence-corrected chi connectivity index (χ4v) is 5.34. The minimum atomic E-state index is -1.19. The summed E-state index contributed by atoms with van der Waals surface area (Å²) in [5, 5.41) is 35.1. The van der Waals surface area contributed by atoms with Crippen molar-refractivity contribution in [2.45, 2.75) is 64.1 Å². The Kier molecular flexibility index (Phi) is 9.52. The molecular weight excluding hydrogens is 525 g/mol. The zero-order chi connectivity index (χ0) is 29.7. The first-order valence-corrected chi connectivity index (χ1v) is 13.7. The van der Waals surface area contributed by atoms with Gasteiger partial charge in [0.1, 0.15) is 5.82 Å². The number of rotatable bonds is 9. The molecule has 2 aromatic carbocycles. The summed E-state index contributed by atoms with van der Waals surface area (Å²) >= 11 is 0. The van der Waals surface area contributed by atoms with Crippen molar-refractivity contribution < 1.29 is 29.3 Å². The number of nitrogens with zero attached hydrogens (tertiary/aromatic N) is 1. The molecule has 41 heavy (non-hydrogen) atoms. The lowest BCUT2D eigenvalue weighted by atomic mass is 9.86. The molecule has 5 N–H and O–H groups in total. The van der Waals surface area contributed by atoms with Crippen LogP contribution in [0, 0.1) is 5.82 Å². The van der Waals surface area contributed by atoms with Crippen LogP contribution in [0.1, 0.15) is 66.2 Å². The molecule has 0 unspecified atom stereocenters. The number of halogens is 1. The van der Waals surface area contributed by atoms with Gasteiger partial charge in [-0.05, 0) is 64.8 Å². The number of hydrogen-bond acceptors (Lipinski definition) is 5. The Bertz CT molecular complexity index is 1450. The Balaban J connectivity index is 1.86. The summed E-state index contributed by atoms with van der Waals surface area (Å²) < 4.78 is 14.0. The zero-order valence-corrected chi connectivity index (χ0v) is 23.4. The Morgan fingerprint density at radius 3 is 2.46 bits per heavy atom. The number of aliphatic hydroxyl groups excluding tert-OH is 2. The Morgan fingerprint density at radius 2 is 1.80 bits per heavy atom. The van der Waals surface area contributed by atoms with Crippen molar-refractivity contribution >= 4 is 23.8 Å². The number of carboxylic acids is 1. The molecule has 0 bridgehead atoms. The van der Waals surface area contributed by atoms with E-state index in [2.05, 4.69) is 10.6 Å². The molecule has 1 heterocycles. The highest BCUT2D eigenvalue weighted by Crippen LogP contribution is 2.39. The van der Waals surface area contributed by atoms with Crippen molar-refractivity contribution in [3.63, 3.8) is 0 Å². The highest BCUT2D eigenvalue weighted by Gasteiger charge is 2.26. The standard InChI is InChI=1S/C32H36FN3O5/c1-18(2)31-25(12-11-22(37)16-23(38)17-29(39)40)30(19-7-9-21(33)10-8-19)26-15-20-5-4-6-27(36-32(41)34-3)24(20)13-14-28(26)35-31/h4-12,18,22-23,37-38H,13-17H2,1-3H3,(H,39,40)(H2,34,36,41)/b12-11+/t22-,23-/m1/s1. The molecule has 0 fully saturated rings. The van der Waals surface area contributed by atoms with Crippen molar-refractivity contribution in [2.24, 2.45) is 0 Å². The number of aliphatic carboxylic acids is 1. The van der Waals surface area contributed by atoms with Crippen LogP contribution in [0.5, 0.6) is 0 Å². The average molecular weight is 562 g/mol. The number of benzene rings is 2. The fraction of sp³-hybridized carbons (Fsp3) is 0.344. The number of carbonyl (C=O) groups is 2. The Labute approximate surface area is 239 Å². The third kappa shape index (κ3) is 7.17. The van der Waals surface area contributed by atoms with Crippen LogP contribution >= 0.6 is 0 Å². The van der Waals surface area contributed by atoms with Crippen molar-refractivity contribution in [1.29, 1.82) is 0 Å². The molecule has 216 valence electrons. The molecule has 2 amide bonds. The molecule has 0 spiro atoms. The first kappa shape index (κ1) is 29.9. The van der Waals surface area contributed by atoms with E-state index in [9.17, 15) is 24.2 Å². The lowest BCUT2D eigenvalue weighted by Crippen LogP contribution is -2.25. The number of amides is 2. The number of anilines is 1. The number of carboxylic acid groups (broad SMARTS) is 1. The van der Waals surface area contributed by atoms with E-state index < -0.39 is 24.6 Å². The maximum absolute atomic E-state index is 14.0. The minimum absolute atomic E-state index is 0.0185. The van der Waals surface area contributed by atoms with Gasteiger partial charge >= 0.3 is 12.0 Å². The smallest absolute Gasteiger partial charge is 0.318 e. The van der Waals surface area contributed by atoms with E-state index >= 15 is 0 Å². The van der Waals surface area contributed by atoms with Gasteiger partial charge in [-0.15, -0.1) is 0 Å². The number of aromatic nitrogens is 1. The maximum atomic E-state index is 14.0. The van der Waals surface area contributed by atoms with Crippen molar-refractivity contribution in [1.82, 2.24) is 10.3 Å². The van der Waals surface area contributed by atoms with Crippen molar-refractivity contribution in [3.8, 4) is 11.1 Å². The van der Waals surface area contributed by atoms with Crippen LogP contribution in [0.3, 0.4) is 0 Å². The molecule has 1 aliphatic rings. The molecular formula is C32H36FN3O5. The number of pyridine rings is 1. The van der Waals surface area contributed by atoms with E-state index in [1.165, 1.54) is 12.1 Å². The first-order valence-electron chi connectivity index (χ1n) is 13.7. The third-order valence-electron chi connectivity index (χ3n) is 7.27. The van der Waals surface area contributed by atoms with Gasteiger partial charge in [0.2, 0.25) is 0 Å². The number of carbonyl (C=O) groups excluding carboxylic acids is 1. The van der Waals surface area contributed by atoms with Crippen LogP contribution in [0.15, 0.2) is 48.5 Å². The summed E-state index contributed by atoms with van der Waals surface area (Å²) in [6.45, 7) is 4.06. The molecule has 9 heteroatoms. The number of fused-ring (bicyclic) bond motifs is 2. The van der Waals surface area contributed by atoms with Gasteiger partial charge in [-0.25, -0.2) is 9.18 Å². The highest BCUT2D eigenvalue weighted by molar-refractivity contribution is 5.90. The van der Waals surface area contributed by atoms with Crippen LogP contribution < -0.4 is 10.6 Å². The number of urea groups is 1. The van der Waals surface area contributed by atoms with E-state index in [1.54, 1.807) is 31.3 Å². The molecule has 0 saturated heterocycles. The molecule has 0 aliphatic heterocycles. The largest absolute Gasteiger partial charge is 0.481 e. The summed E-state index contributed by atoms with van der Waals surface area (Å²) in [6, 6.07) is 11.8. The molecule has 4 rings (SSSR count). The number of aryl methyl sites for hydroxylation is 1. The Morgan fingerprint density at radius 1 is 1.07 bits per heavy atom. The SMILES string of the molecule is CNC(=O)Nc1cccc2c1CCc1nc(C(C)C)c(/C=C/[C@@H](O)C[C@@H](O)CC(=O)O)c(-c3ccc(F)cc3)c1C2. The van der Waals surface area contributed by atoms with Gasteiger partial charge in [0, 0.05) is 36.8 Å². The minimum Gasteiger partial charge on any atom is -0.481 e. The van der Waals surface area contributed by atoms with Gasteiger partial charge in [-0.3, -0.25) is 9.78 Å². The topological polar surface area (TPSA) is 132 Å². The third-order valence-corrected chi connectivity index (χ3v) is 7.27. The molecule has 1 aromatic heterocycles. The second-order valence-electron chi connectivity index (χ2n) is 10.6. The molecule has 0 saturated carbocycles. The van der Waals surface area contributed by atoms with Gasteiger partial charge in [0.25, 0.3) is 0 Å². The van der Waals surface area contributed by atoms with Gasteiger partial charge in [0.05, 0.1) is 24.3 Å². The lowest BCUT2D eigenvalue weighted by Gasteiger charge is -2.22. The van der Waals surface area contributed by atoms with E-state index in [-0.39, 0.29) is 24.2 Å². The van der Waals surface area contributed by atoms with Crippen LogP contribution in [-0.2, 0) is 24.1 Å². The summed E-state index contributed by atoms with van der Waals surface area (Å²) in [4.78, 5) is 28.2. The normalized spacial score (nSPS) is 14.2. The predicted octanol–water partition coefficient (Wildman–Crippen LogP) is 5.05. The molecule has 0 radical (unpaired) electrons. The summed E-state index contributed by atoms with van der Waals surface area (Å²) in [5.74, 6) is -1.48. The summed E-state index contributed by atoms with van der Waals surface area (Å²) in [6.07, 6.45) is 2.31. The zero-order valence-electron chi connectivity index (χ0n) is 23.4.